The van der Waals surface area contributed by atoms with Crippen molar-refractivity contribution < 1.29 is 32.6 Å². The Bertz CT molecular complexity index is 362. The van der Waals surface area contributed by atoms with E-state index in [2.05, 4.69) is 5.32 Å². The van der Waals surface area contributed by atoms with Gasteiger partial charge in [-0.25, -0.2) is 9.59 Å². The van der Waals surface area contributed by atoms with E-state index in [9.17, 15) is 18.0 Å². The molecule has 2 aliphatic rings. The summed E-state index contributed by atoms with van der Waals surface area (Å²) >= 11 is 0. The largest absolute Gasteiger partial charge is 0.490 e. The second-order valence-corrected chi connectivity index (χ2v) is 4.51. The molecule has 0 saturated carbocycles. The summed E-state index contributed by atoms with van der Waals surface area (Å²) in [5, 5.41) is 10.5. The van der Waals surface area contributed by atoms with Crippen LogP contribution >= 0.6 is 0 Å². The third-order valence-corrected chi connectivity index (χ3v) is 3.14. The minimum atomic E-state index is -5.08. The quantitative estimate of drug-likeness (QED) is 0.757. The molecule has 2 fully saturated rings. The molecule has 2 heterocycles. The number of piperidine rings is 1. The van der Waals surface area contributed by atoms with Gasteiger partial charge >= 0.3 is 18.2 Å². The highest BCUT2D eigenvalue weighted by Crippen LogP contribution is 2.23. The summed E-state index contributed by atoms with van der Waals surface area (Å²) in [6.45, 7) is 5.08. The predicted octanol–water partition coefficient (Wildman–Crippen LogP) is 1.07. The van der Waals surface area contributed by atoms with Gasteiger partial charge in [-0.3, -0.25) is 0 Å². The Morgan fingerprint density at radius 3 is 2.40 bits per heavy atom. The first-order valence-electron chi connectivity index (χ1n) is 6.21. The van der Waals surface area contributed by atoms with Gasteiger partial charge in [0.05, 0.1) is 6.61 Å². The zero-order valence-electron chi connectivity index (χ0n) is 10.9. The van der Waals surface area contributed by atoms with Crippen LogP contribution in [0.25, 0.3) is 0 Å². The number of nitrogens with zero attached hydrogens (tertiary/aromatic N) is 1. The number of aliphatic carboxylic acids is 1. The molecule has 0 spiro atoms. The minimum Gasteiger partial charge on any atom is -0.475 e. The van der Waals surface area contributed by atoms with E-state index >= 15 is 0 Å². The van der Waals surface area contributed by atoms with E-state index in [1.807, 2.05) is 11.8 Å². The van der Waals surface area contributed by atoms with E-state index in [1.54, 1.807) is 0 Å². The summed E-state index contributed by atoms with van der Waals surface area (Å²) in [7, 11) is 0. The third kappa shape index (κ3) is 4.55. The van der Waals surface area contributed by atoms with Gasteiger partial charge in [-0.15, -0.1) is 0 Å². The average molecular weight is 298 g/mol. The van der Waals surface area contributed by atoms with E-state index in [1.165, 1.54) is 0 Å². The highest BCUT2D eigenvalue weighted by atomic mass is 19.4. The number of carbonyl (C=O) groups is 2. The van der Waals surface area contributed by atoms with Gasteiger partial charge in [0.2, 0.25) is 0 Å². The molecule has 2 saturated heterocycles. The lowest BCUT2D eigenvalue weighted by Crippen LogP contribution is -2.62. The molecule has 2 aliphatic heterocycles. The fourth-order valence-electron chi connectivity index (χ4n) is 2.03. The summed E-state index contributed by atoms with van der Waals surface area (Å²) in [6.07, 6.45) is -4.16. The molecule has 9 heteroatoms. The smallest absolute Gasteiger partial charge is 0.475 e. The second-order valence-electron chi connectivity index (χ2n) is 4.51. The van der Waals surface area contributed by atoms with Crippen LogP contribution in [0.5, 0.6) is 0 Å². The lowest BCUT2D eigenvalue weighted by molar-refractivity contribution is -0.192. The van der Waals surface area contributed by atoms with E-state index in [0.29, 0.717) is 18.6 Å². The monoisotopic (exact) mass is 298 g/mol. The summed E-state index contributed by atoms with van der Waals surface area (Å²) in [5.41, 5.74) is 0. The van der Waals surface area contributed by atoms with E-state index in [4.69, 9.17) is 14.6 Å². The van der Waals surface area contributed by atoms with Crippen LogP contribution in [0.1, 0.15) is 13.3 Å². The standard InChI is InChI=1S/C9H16N2O2.C2HF3O2/c1-2-13-9(12)11-4-3-8-7(6-11)5-10-8;3-2(4,5)1(6)7/h7-8,10H,2-6H2,1H3;(H,6,7). The van der Waals surface area contributed by atoms with Crippen molar-refractivity contribution in [2.24, 2.45) is 5.92 Å². The zero-order chi connectivity index (χ0) is 15.3. The van der Waals surface area contributed by atoms with Crippen molar-refractivity contribution in [1.29, 1.82) is 0 Å². The maximum absolute atomic E-state index is 11.4. The van der Waals surface area contributed by atoms with Crippen LogP contribution in [0, 0.1) is 5.92 Å². The Morgan fingerprint density at radius 1 is 1.45 bits per heavy atom. The van der Waals surface area contributed by atoms with Crippen molar-refractivity contribution in [1.82, 2.24) is 10.2 Å². The Labute approximate surface area is 113 Å². The Morgan fingerprint density at radius 2 is 2.05 bits per heavy atom. The normalized spacial score (nSPS) is 24.7. The second kappa shape index (κ2) is 6.78. The lowest BCUT2D eigenvalue weighted by Gasteiger charge is -2.45. The number of likely N-dealkylation sites (tertiary alicyclic amines) is 1. The molecule has 2 atom stereocenters. The van der Waals surface area contributed by atoms with Crippen LogP contribution in [-0.2, 0) is 9.53 Å². The fourth-order valence-corrected chi connectivity index (χ4v) is 2.03. The van der Waals surface area contributed by atoms with Gasteiger partial charge in [-0.05, 0) is 13.3 Å². The number of ether oxygens (including phenoxy) is 1. The third-order valence-electron chi connectivity index (χ3n) is 3.14. The van der Waals surface area contributed by atoms with E-state index in [-0.39, 0.29) is 6.09 Å². The number of carboxylic acid groups (broad SMARTS) is 1. The highest BCUT2D eigenvalue weighted by Gasteiger charge is 2.38. The van der Waals surface area contributed by atoms with Crippen LogP contribution in [-0.4, -0.2) is 60.5 Å². The van der Waals surface area contributed by atoms with Gasteiger partial charge in [-0.1, -0.05) is 0 Å². The summed E-state index contributed by atoms with van der Waals surface area (Å²) in [5.74, 6) is -2.09. The number of hydrogen-bond donors (Lipinski definition) is 2. The molecule has 0 aromatic heterocycles. The first-order chi connectivity index (χ1) is 9.25. The van der Waals surface area contributed by atoms with Crippen LogP contribution < -0.4 is 5.32 Å². The van der Waals surface area contributed by atoms with E-state index in [0.717, 1.165) is 26.1 Å². The van der Waals surface area contributed by atoms with Crippen LogP contribution in [0.15, 0.2) is 0 Å². The number of alkyl halides is 3. The van der Waals surface area contributed by atoms with Crippen molar-refractivity contribution in [3.63, 3.8) is 0 Å². The first-order valence-corrected chi connectivity index (χ1v) is 6.21. The molecule has 0 bridgehead atoms. The van der Waals surface area contributed by atoms with E-state index < -0.39 is 12.1 Å². The number of nitrogens with one attached hydrogen (secondary N) is 1. The average Bonchev–Trinajstić information content (AvgIpc) is 2.30. The topological polar surface area (TPSA) is 78.9 Å². The van der Waals surface area contributed by atoms with Gasteiger partial charge in [0.1, 0.15) is 0 Å². The molecule has 6 nitrogen and oxygen atoms in total. The van der Waals surface area contributed by atoms with Gasteiger partial charge < -0.3 is 20.1 Å². The van der Waals surface area contributed by atoms with Gasteiger partial charge in [0, 0.05) is 31.6 Å². The van der Waals surface area contributed by atoms with Crippen LogP contribution in [0.3, 0.4) is 0 Å². The molecule has 20 heavy (non-hydrogen) atoms. The molecule has 0 aromatic carbocycles. The zero-order valence-corrected chi connectivity index (χ0v) is 10.9. The van der Waals surface area contributed by atoms with Crippen LogP contribution in [0.4, 0.5) is 18.0 Å². The lowest BCUT2D eigenvalue weighted by atomic mass is 9.85. The number of fused-ring (bicyclic) bond motifs is 1. The Balaban J connectivity index is 0.000000246. The molecular weight excluding hydrogens is 281 g/mol. The van der Waals surface area contributed by atoms with Crippen molar-refractivity contribution in [3.05, 3.63) is 0 Å². The summed E-state index contributed by atoms with van der Waals surface area (Å²) in [6, 6.07) is 0.658. The van der Waals surface area contributed by atoms with Gasteiger partial charge in [-0.2, -0.15) is 13.2 Å². The molecule has 0 aromatic rings. The number of hydrogen-bond acceptors (Lipinski definition) is 4. The molecule has 2 unspecified atom stereocenters. The number of amides is 1. The molecular formula is C11H17F3N2O4. The maximum atomic E-state index is 11.4. The minimum absolute atomic E-state index is 0.146. The maximum Gasteiger partial charge on any atom is 0.490 e. The van der Waals surface area contributed by atoms with Crippen LogP contribution in [0.2, 0.25) is 0 Å². The van der Waals surface area contributed by atoms with Crippen molar-refractivity contribution in [2.75, 3.05) is 26.2 Å². The number of halogens is 3. The Hall–Kier alpha value is -1.51. The van der Waals surface area contributed by atoms with Gasteiger partial charge in [0.15, 0.2) is 0 Å². The highest BCUT2D eigenvalue weighted by molar-refractivity contribution is 5.73. The fraction of sp³-hybridized carbons (Fsp3) is 0.818. The number of rotatable bonds is 1. The molecule has 1 amide bonds. The first kappa shape index (κ1) is 16.5. The Kier molecular flexibility index (Phi) is 5.61. The molecule has 116 valence electrons. The molecule has 2 N–H and O–H groups in total. The number of carbonyl (C=O) groups excluding carboxylic acids is 1. The molecule has 0 radical (unpaired) electrons. The van der Waals surface area contributed by atoms with Crippen molar-refractivity contribution in [3.8, 4) is 0 Å². The SMILES string of the molecule is CCOC(=O)N1CCC2NCC2C1.O=C(O)C(F)(F)F. The number of carboxylic acids is 1. The summed E-state index contributed by atoms with van der Waals surface area (Å²) < 4.78 is 36.7. The molecule has 2 rings (SSSR count). The van der Waals surface area contributed by atoms with Crippen molar-refractivity contribution in [2.45, 2.75) is 25.6 Å². The van der Waals surface area contributed by atoms with Crippen molar-refractivity contribution >= 4 is 12.1 Å². The molecule has 0 aliphatic carbocycles. The van der Waals surface area contributed by atoms with Gasteiger partial charge in [0.25, 0.3) is 0 Å². The summed E-state index contributed by atoms with van der Waals surface area (Å²) in [4.78, 5) is 22.1. The predicted molar refractivity (Wildman–Crippen MR) is 62.2 cm³/mol.